The molecule has 2 aromatic rings. The fourth-order valence-electron chi connectivity index (χ4n) is 2.99. The minimum atomic E-state index is -0.722. The van der Waals surface area contributed by atoms with E-state index in [2.05, 4.69) is 0 Å². The highest BCUT2D eigenvalue weighted by Crippen LogP contribution is 2.26. The zero-order valence-corrected chi connectivity index (χ0v) is 15.2. The maximum Gasteiger partial charge on any atom is 0.332 e. The van der Waals surface area contributed by atoms with Gasteiger partial charge in [0.1, 0.15) is 6.04 Å². The third-order valence-electron chi connectivity index (χ3n) is 4.54. The number of rotatable bonds is 5. The second-order valence-corrected chi connectivity index (χ2v) is 6.36. The summed E-state index contributed by atoms with van der Waals surface area (Å²) < 4.78 is 18.6. The SMILES string of the molecule is COc1ccc(C(=O)CN2C(=O)C(C)N(c3ccc(C)cc3)C2=O)cc1F. The Kier molecular flexibility index (Phi) is 4.94. The summed E-state index contributed by atoms with van der Waals surface area (Å²) in [5, 5.41) is 0. The predicted octanol–water partition coefficient (Wildman–Crippen LogP) is 3.18. The third-order valence-corrected chi connectivity index (χ3v) is 4.54. The average molecular weight is 370 g/mol. The molecule has 140 valence electrons. The van der Waals surface area contributed by atoms with Gasteiger partial charge in [0.15, 0.2) is 17.3 Å². The molecule has 6 nitrogen and oxygen atoms in total. The molecule has 0 saturated carbocycles. The summed E-state index contributed by atoms with van der Waals surface area (Å²) in [6.45, 7) is 3.08. The summed E-state index contributed by atoms with van der Waals surface area (Å²) in [6.07, 6.45) is 0. The number of Topliss-reactive ketones (excluding diaryl/α,β-unsaturated/α-hetero) is 1. The van der Waals surface area contributed by atoms with E-state index in [1.54, 1.807) is 19.1 Å². The van der Waals surface area contributed by atoms with E-state index >= 15 is 0 Å². The molecule has 2 aromatic carbocycles. The molecule has 1 aliphatic heterocycles. The first-order valence-corrected chi connectivity index (χ1v) is 8.41. The van der Waals surface area contributed by atoms with Crippen molar-refractivity contribution in [1.82, 2.24) is 4.90 Å². The van der Waals surface area contributed by atoms with E-state index in [0.29, 0.717) is 5.69 Å². The summed E-state index contributed by atoms with van der Waals surface area (Å²) in [6, 6.07) is 9.66. The molecule has 1 atom stereocenters. The first kappa shape index (κ1) is 18.6. The summed E-state index contributed by atoms with van der Waals surface area (Å²) in [4.78, 5) is 40.0. The highest BCUT2D eigenvalue weighted by Gasteiger charge is 2.44. The van der Waals surface area contributed by atoms with Gasteiger partial charge in [-0.3, -0.25) is 19.4 Å². The Morgan fingerprint density at radius 2 is 1.81 bits per heavy atom. The van der Waals surface area contributed by atoms with E-state index in [4.69, 9.17) is 4.74 Å². The molecule has 7 heteroatoms. The fourth-order valence-corrected chi connectivity index (χ4v) is 2.99. The Morgan fingerprint density at radius 1 is 1.15 bits per heavy atom. The molecule has 0 aliphatic carbocycles. The monoisotopic (exact) mass is 370 g/mol. The van der Waals surface area contributed by atoms with E-state index in [0.717, 1.165) is 16.5 Å². The lowest BCUT2D eigenvalue weighted by Gasteiger charge is -2.19. The van der Waals surface area contributed by atoms with Crippen molar-refractivity contribution in [3.05, 3.63) is 59.4 Å². The smallest absolute Gasteiger partial charge is 0.332 e. The van der Waals surface area contributed by atoms with Crippen LogP contribution in [-0.4, -0.2) is 42.3 Å². The number of carbonyl (C=O) groups is 3. The quantitative estimate of drug-likeness (QED) is 0.599. The van der Waals surface area contributed by atoms with Crippen LogP contribution >= 0.6 is 0 Å². The average Bonchev–Trinajstić information content (AvgIpc) is 2.86. The second-order valence-electron chi connectivity index (χ2n) is 6.36. The van der Waals surface area contributed by atoms with Crippen LogP contribution in [0.15, 0.2) is 42.5 Å². The van der Waals surface area contributed by atoms with Crippen LogP contribution in [0.4, 0.5) is 14.9 Å². The maximum absolute atomic E-state index is 13.8. The van der Waals surface area contributed by atoms with Crippen LogP contribution in [0.3, 0.4) is 0 Å². The van der Waals surface area contributed by atoms with Gasteiger partial charge < -0.3 is 4.74 Å². The molecule has 1 aliphatic rings. The number of imide groups is 1. The molecule has 3 rings (SSSR count). The minimum absolute atomic E-state index is 0.0130. The summed E-state index contributed by atoms with van der Waals surface area (Å²) in [5.41, 5.74) is 1.67. The molecule has 1 saturated heterocycles. The number of aryl methyl sites for hydroxylation is 1. The number of nitrogens with zero attached hydrogens (tertiary/aromatic N) is 2. The highest BCUT2D eigenvalue weighted by molar-refractivity contribution is 6.16. The van der Waals surface area contributed by atoms with Gasteiger partial charge in [-0.25, -0.2) is 9.18 Å². The maximum atomic E-state index is 13.8. The van der Waals surface area contributed by atoms with Crippen LogP contribution in [0.1, 0.15) is 22.8 Å². The molecule has 0 N–H and O–H groups in total. The van der Waals surface area contributed by atoms with E-state index in [-0.39, 0.29) is 11.3 Å². The van der Waals surface area contributed by atoms with Gasteiger partial charge in [0, 0.05) is 11.3 Å². The molecule has 1 heterocycles. The predicted molar refractivity (Wildman–Crippen MR) is 97.5 cm³/mol. The number of benzene rings is 2. The molecule has 27 heavy (non-hydrogen) atoms. The number of methoxy groups -OCH3 is 1. The number of urea groups is 1. The zero-order chi connectivity index (χ0) is 19.7. The molecule has 0 spiro atoms. The number of ketones is 1. The Labute approximate surface area is 156 Å². The first-order chi connectivity index (χ1) is 12.8. The van der Waals surface area contributed by atoms with Crippen molar-refractivity contribution in [3.63, 3.8) is 0 Å². The standard InChI is InChI=1S/C20H19FN2O4/c1-12-4-7-15(8-5-12)23-13(2)19(25)22(20(23)26)11-17(24)14-6-9-18(27-3)16(21)10-14/h4-10,13H,11H2,1-3H3. The molecular weight excluding hydrogens is 351 g/mol. The van der Waals surface area contributed by atoms with E-state index in [9.17, 15) is 18.8 Å². The number of anilines is 1. The lowest BCUT2D eigenvalue weighted by molar-refractivity contribution is -0.126. The van der Waals surface area contributed by atoms with Gasteiger partial charge in [-0.15, -0.1) is 0 Å². The molecule has 3 amide bonds. The van der Waals surface area contributed by atoms with Gasteiger partial charge in [-0.05, 0) is 44.2 Å². The number of ether oxygens (including phenoxy) is 1. The van der Waals surface area contributed by atoms with Gasteiger partial charge in [0.25, 0.3) is 5.91 Å². The van der Waals surface area contributed by atoms with Crippen LogP contribution in [0.25, 0.3) is 0 Å². The Morgan fingerprint density at radius 3 is 2.41 bits per heavy atom. The van der Waals surface area contributed by atoms with Crippen molar-refractivity contribution < 1.29 is 23.5 Å². The summed E-state index contributed by atoms with van der Waals surface area (Å²) in [5.74, 6) is -1.67. The molecule has 0 radical (unpaired) electrons. The lowest BCUT2D eigenvalue weighted by atomic mass is 10.1. The number of hydrogen-bond donors (Lipinski definition) is 0. The van der Waals surface area contributed by atoms with Gasteiger partial charge in [-0.1, -0.05) is 17.7 Å². The molecule has 0 aromatic heterocycles. The number of halogens is 1. The topological polar surface area (TPSA) is 66.9 Å². The van der Waals surface area contributed by atoms with Gasteiger partial charge in [0.05, 0.1) is 13.7 Å². The number of carbonyl (C=O) groups excluding carboxylic acids is 3. The molecule has 0 bridgehead atoms. The van der Waals surface area contributed by atoms with Crippen molar-refractivity contribution >= 4 is 23.4 Å². The third kappa shape index (κ3) is 3.40. The van der Waals surface area contributed by atoms with Gasteiger partial charge in [-0.2, -0.15) is 0 Å². The van der Waals surface area contributed by atoms with Crippen molar-refractivity contribution in [2.24, 2.45) is 0 Å². The van der Waals surface area contributed by atoms with E-state index < -0.39 is 36.1 Å². The Balaban J connectivity index is 1.81. The Hall–Kier alpha value is -3.22. The zero-order valence-electron chi connectivity index (χ0n) is 15.2. The van der Waals surface area contributed by atoms with E-state index in [1.165, 1.54) is 24.1 Å². The van der Waals surface area contributed by atoms with E-state index in [1.807, 2.05) is 19.1 Å². The largest absolute Gasteiger partial charge is 0.494 e. The fraction of sp³-hybridized carbons (Fsp3) is 0.250. The van der Waals surface area contributed by atoms with Gasteiger partial charge >= 0.3 is 6.03 Å². The van der Waals surface area contributed by atoms with Crippen LogP contribution < -0.4 is 9.64 Å². The summed E-state index contributed by atoms with van der Waals surface area (Å²) in [7, 11) is 1.32. The highest BCUT2D eigenvalue weighted by atomic mass is 19.1. The Bertz CT molecular complexity index is 911. The lowest BCUT2D eigenvalue weighted by Crippen LogP contribution is -2.37. The van der Waals surface area contributed by atoms with Crippen molar-refractivity contribution in [1.29, 1.82) is 0 Å². The van der Waals surface area contributed by atoms with Crippen LogP contribution in [0, 0.1) is 12.7 Å². The normalized spacial score (nSPS) is 16.8. The van der Waals surface area contributed by atoms with Crippen molar-refractivity contribution in [3.8, 4) is 5.75 Å². The molecular formula is C20H19FN2O4. The molecule has 1 fully saturated rings. The second kappa shape index (κ2) is 7.19. The number of amides is 3. The summed E-state index contributed by atoms with van der Waals surface area (Å²) >= 11 is 0. The van der Waals surface area contributed by atoms with Crippen LogP contribution in [0.5, 0.6) is 5.75 Å². The van der Waals surface area contributed by atoms with Crippen LogP contribution in [0.2, 0.25) is 0 Å². The molecule has 1 unspecified atom stereocenters. The number of hydrogen-bond acceptors (Lipinski definition) is 4. The minimum Gasteiger partial charge on any atom is -0.494 e. The van der Waals surface area contributed by atoms with Gasteiger partial charge in [0.2, 0.25) is 0 Å². The first-order valence-electron chi connectivity index (χ1n) is 8.41. The van der Waals surface area contributed by atoms with Crippen molar-refractivity contribution in [2.45, 2.75) is 19.9 Å². The van der Waals surface area contributed by atoms with Crippen molar-refractivity contribution in [2.75, 3.05) is 18.6 Å². The van der Waals surface area contributed by atoms with Crippen LogP contribution in [-0.2, 0) is 4.79 Å².